The van der Waals surface area contributed by atoms with E-state index in [0.717, 1.165) is 0 Å². The van der Waals surface area contributed by atoms with Crippen LogP contribution in [0.4, 0.5) is 0 Å². The molecule has 17 heavy (non-hydrogen) atoms. The molecule has 4 nitrogen and oxygen atoms in total. The number of pyridine rings is 1. The standard InChI is InChI=1S/C11H16ClNO3S/c1-11(2,3)17(14,15)8-7-16-9-5-4-6-13-10(9)12/h4-6H,7-8H2,1-3H3. The molecule has 0 aliphatic heterocycles. The molecule has 0 N–H and O–H groups in total. The molecule has 0 spiro atoms. The second-order valence-corrected chi connectivity index (χ2v) is 7.79. The number of aromatic nitrogens is 1. The lowest BCUT2D eigenvalue weighted by Gasteiger charge is -2.19. The van der Waals surface area contributed by atoms with E-state index >= 15 is 0 Å². The van der Waals surface area contributed by atoms with Gasteiger partial charge in [-0.25, -0.2) is 13.4 Å². The van der Waals surface area contributed by atoms with E-state index in [-0.39, 0.29) is 17.5 Å². The quantitative estimate of drug-likeness (QED) is 0.793. The summed E-state index contributed by atoms with van der Waals surface area (Å²) in [5.74, 6) is 0.361. The highest BCUT2D eigenvalue weighted by Crippen LogP contribution is 2.21. The molecule has 6 heteroatoms. The maximum atomic E-state index is 11.8. The number of rotatable bonds is 4. The highest BCUT2D eigenvalue weighted by Gasteiger charge is 2.28. The Morgan fingerprint density at radius 3 is 2.59 bits per heavy atom. The first-order valence-electron chi connectivity index (χ1n) is 5.20. The molecule has 0 amide bonds. The SMILES string of the molecule is CC(C)(C)S(=O)(=O)CCOc1cccnc1Cl. The van der Waals surface area contributed by atoms with Crippen molar-refractivity contribution >= 4 is 21.4 Å². The van der Waals surface area contributed by atoms with E-state index in [1.807, 2.05) is 0 Å². The number of hydrogen-bond acceptors (Lipinski definition) is 4. The van der Waals surface area contributed by atoms with Crippen molar-refractivity contribution in [2.24, 2.45) is 0 Å². The summed E-state index contributed by atoms with van der Waals surface area (Å²) in [5.41, 5.74) is 0. The minimum atomic E-state index is -3.17. The van der Waals surface area contributed by atoms with Crippen LogP contribution in [0.5, 0.6) is 5.75 Å². The summed E-state index contributed by atoms with van der Waals surface area (Å²) in [6.45, 7) is 5.07. The van der Waals surface area contributed by atoms with Gasteiger partial charge in [0.1, 0.15) is 6.61 Å². The third kappa shape index (κ3) is 3.85. The molecule has 0 aliphatic rings. The topological polar surface area (TPSA) is 56.3 Å². The zero-order valence-electron chi connectivity index (χ0n) is 10.1. The Morgan fingerprint density at radius 1 is 1.41 bits per heavy atom. The molecule has 96 valence electrons. The van der Waals surface area contributed by atoms with Crippen LogP contribution >= 0.6 is 11.6 Å². The fourth-order valence-electron chi connectivity index (χ4n) is 1.05. The van der Waals surface area contributed by atoms with Gasteiger partial charge < -0.3 is 4.74 Å². The Balaban J connectivity index is 2.58. The maximum absolute atomic E-state index is 11.8. The van der Waals surface area contributed by atoms with Crippen molar-refractivity contribution in [2.75, 3.05) is 12.4 Å². The maximum Gasteiger partial charge on any atom is 0.171 e. The van der Waals surface area contributed by atoms with Crippen LogP contribution in [0.1, 0.15) is 20.8 Å². The van der Waals surface area contributed by atoms with E-state index in [9.17, 15) is 8.42 Å². The van der Waals surface area contributed by atoms with Gasteiger partial charge in [-0.3, -0.25) is 0 Å². The fraction of sp³-hybridized carbons (Fsp3) is 0.545. The van der Waals surface area contributed by atoms with Gasteiger partial charge in [0, 0.05) is 6.20 Å². The van der Waals surface area contributed by atoms with Gasteiger partial charge >= 0.3 is 0 Å². The van der Waals surface area contributed by atoms with Gasteiger partial charge in [0.2, 0.25) is 0 Å². The number of hydrogen-bond donors (Lipinski definition) is 0. The normalized spacial score (nSPS) is 12.5. The first-order valence-corrected chi connectivity index (χ1v) is 7.23. The number of nitrogens with zero attached hydrogens (tertiary/aromatic N) is 1. The monoisotopic (exact) mass is 277 g/mol. The molecule has 0 bridgehead atoms. The van der Waals surface area contributed by atoms with Crippen molar-refractivity contribution in [3.05, 3.63) is 23.5 Å². The lowest BCUT2D eigenvalue weighted by Crippen LogP contribution is -2.32. The Hall–Kier alpha value is -0.810. The van der Waals surface area contributed by atoms with E-state index in [0.29, 0.717) is 5.75 Å². The van der Waals surface area contributed by atoms with Crippen molar-refractivity contribution < 1.29 is 13.2 Å². The summed E-state index contributed by atoms with van der Waals surface area (Å²) in [6, 6.07) is 3.33. The number of sulfone groups is 1. The first-order chi connectivity index (χ1) is 7.74. The van der Waals surface area contributed by atoms with Crippen molar-refractivity contribution in [2.45, 2.75) is 25.5 Å². The molecule has 0 fully saturated rings. The Labute approximate surface area is 107 Å². The first kappa shape index (κ1) is 14.3. The van der Waals surface area contributed by atoms with E-state index < -0.39 is 14.6 Å². The van der Waals surface area contributed by atoms with Crippen molar-refractivity contribution in [3.63, 3.8) is 0 Å². The Bertz CT molecular complexity index is 480. The number of halogens is 1. The Morgan fingerprint density at radius 2 is 2.06 bits per heavy atom. The molecule has 0 saturated heterocycles. The zero-order chi connectivity index (χ0) is 13.1. The van der Waals surface area contributed by atoms with E-state index in [4.69, 9.17) is 16.3 Å². The number of ether oxygens (including phenoxy) is 1. The smallest absolute Gasteiger partial charge is 0.171 e. The summed E-state index contributed by atoms with van der Waals surface area (Å²) in [4.78, 5) is 3.83. The molecule has 0 aromatic carbocycles. The molecular weight excluding hydrogens is 262 g/mol. The minimum absolute atomic E-state index is 0.0400. The average molecular weight is 278 g/mol. The largest absolute Gasteiger partial charge is 0.489 e. The molecule has 0 radical (unpaired) electrons. The van der Waals surface area contributed by atoms with Gasteiger partial charge in [-0.2, -0.15) is 0 Å². The van der Waals surface area contributed by atoms with Crippen LogP contribution in [0.3, 0.4) is 0 Å². The molecule has 1 heterocycles. The second-order valence-electron chi connectivity index (χ2n) is 4.57. The summed E-state index contributed by atoms with van der Waals surface area (Å²) in [5, 5.41) is 0.237. The predicted octanol–water partition coefficient (Wildman–Crippen LogP) is 2.33. The predicted molar refractivity (Wildman–Crippen MR) is 68.3 cm³/mol. The van der Waals surface area contributed by atoms with Gasteiger partial charge in [0.25, 0.3) is 0 Å². The molecule has 0 aliphatic carbocycles. The van der Waals surface area contributed by atoms with Gasteiger partial charge in [-0.1, -0.05) is 11.6 Å². The molecule has 0 unspecified atom stereocenters. The van der Waals surface area contributed by atoms with Gasteiger partial charge in [0.05, 0.1) is 10.5 Å². The fourth-order valence-corrected chi connectivity index (χ4v) is 2.14. The summed E-state index contributed by atoms with van der Waals surface area (Å²) >= 11 is 5.78. The molecule has 1 aromatic heterocycles. The second kappa shape index (κ2) is 5.23. The van der Waals surface area contributed by atoms with E-state index in [1.54, 1.807) is 39.1 Å². The van der Waals surface area contributed by atoms with Gasteiger partial charge in [0.15, 0.2) is 20.7 Å². The van der Waals surface area contributed by atoms with Crippen LogP contribution in [0.25, 0.3) is 0 Å². The summed E-state index contributed by atoms with van der Waals surface area (Å²) in [6.07, 6.45) is 1.54. The molecule has 1 rings (SSSR count). The van der Waals surface area contributed by atoms with Crippen LogP contribution in [-0.2, 0) is 9.84 Å². The molecular formula is C11H16ClNO3S. The summed E-state index contributed by atoms with van der Waals surface area (Å²) in [7, 11) is -3.17. The van der Waals surface area contributed by atoms with Crippen LogP contribution in [-0.4, -0.2) is 30.5 Å². The third-order valence-corrected chi connectivity index (χ3v) is 5.12. The highest BCUT2D eigenvalue weighted by molar-refractivity contribution is 7.92. The minimum Gasteiger partial charge on any atom is -0.489 e. The van der Waals surface area contributed by atoms with Crippen molar-refractivity contribution in [3.8, 4) is 5.75 Å². The van der Waals surface area contributed by atoms with Crippen molar-refractivity contribution in [1.29, 1.82) is 0 Å². The highest BCUT2D eigenvalue weighted by atomic mass is 35.5. The molecule has 0 saturated carbocycles. The van der Waals surface area contributed by atoms with E-state index in [1.165, 1.54) is 0 Å². The van der Waals surface area contributed by atoms with Crippen LogP contribution in [0, 0.1) is 0 Å². The van der Waals surface area contributed by atoms with Gasteiger partial charge in [-0.05, 0) is 32.9 Å². The van der Waals surface area contributed by atoms with Gasteiger partial charge in [-0.15, -0.1) is 0 Å². The van der Waals surface area contributed by atoms with Crippen LogP contribution in [0.2, 0.25) is 5.15 Å². The zero-order valence-corrected chi connectivity index (χ0v) is 11.7. The average Bonchev–Trinajstić information content (AvgIpc) is 2.19. The molecule has 1 aromatic rings. The van der Waals surface area contributed by atoms with Crippen LogP contribution in [0.15, 0.2) is 18.3 Å². The van der Waals surface area contributed by atoms with Crippen molar-refractivity contribution in [1.82, 2.24) is 4.98 Å². The lowest BCUT2D eigenvalue weighted by molar-refractivity contribution is 0.338. The summed E-state index contributed by atoms with van der Waals surface area (Å²) < 4.78 is 28.1. The van der Waals surface area contributed by atoms with Crippen LogP contribution < -0.4 is 4.74 Å². The lowest BCUT2D eigenvalue weighted by atomic mass is 10.3. The Kier molecular flexibility index (Phi) is 4.38. The third-order valence-electron chi connectivity index (χ3n) is 2.27. The van der Waals surface area contributed by atoms with E-state index in [2.05, 4.69) is 4.98 Å². The molecule has 0 atom stereocenters.